The second-order valence-electron chi connectivity index (χ2n) is 2.64. The summed E-state index contributed by atoms with van der Waals surface area (Å²) in [5.74, 6) is 0. The lowest BCUT2D eigenvalue weighted by Crippen LogP contribution is -1.99. The highest BCUT2D eigenvalue weighted by Gasteiger charge is 2.22. The molecule has 0 unspecified atom stereocenters. The Morgan fingerprint density at radius 2 is 2.06 bits per heavy atom. The van der Waals surface area contributed by atoms with E-state index in [-0.39, 0.29) is 10.5 Å². The Balaban J connectivity index is 3.71. The van der Waals surface area contributed by atoms with E-state index in [0.29, 0.717) is 0 Å². The molecular weight excluding hydrogens is 276 g/mol. The summed E-state index contributed by atoms with van der Waals surface area (Å²) in [5.41, 5.74) is -0.813. The quantitative estimate of drug-likeness (QED) is 0.384. The molecule has 0 atom stereocenters. The molecule has 0 heterocycles. The number of nitriles is 1. The fourth-order valence-corrected chi connectivity index (χ4v) is 2.40. The van der Waals surface area contributed by atoms with E-state index in [1.54, 1.807) is 6.07 Å². The van der Waals surface area contributed by atoms with E-state index in [1.807, 2.05) is 0 Å². The van der Waals surface area contributed by atoms with Gasteiger partial charge in [0, 0.05) is 27.7 Å². The molecule has 1 aromatic rings. The van der Waals surface area contributed by atoms with E-state index < -0.39 is 24.6 Å². The molecule has 1 rings (SSSR count). The molecule has 84 valence electrons. The largest absolute Gasteiger partial charge is 0.271 e. The summed E-state index contributed by atoms with van der Waals surface area (Å²) >= 11 is 3.79. The molecule has 0 saturated heterocycles. The summed E-state index contributed by atoms with van der Waals surface area (Å²) in [7, 11) is 0.828. The Kier molecular flexibility index (Phi) is 3.42. The van der Waals surface area contributed by atoms with Crippen LogP contribution in [-0.4, -0.2) is 13.3 Å². The van der Waals surface area contributed by atoms with Gasteiger partial charge in [-0.2, -0.15) is 5.26 Å². The first-order chi connectivity index (χ1) is 7.27. The lowest BCUT2D eigenvalue weighted by atomic mass is 10.2. The molecular formula is C7H3ClN2O4S2. The van der Waals surface area contributed by atoms with Crippen LogP contribution in [0.15, 0.2) is 21.9 Å². The van der Waals surface area contributed by atoms with E-state index in [2.05, 4.69) is 12.6 Å². The number of nitro groups is 1. The predicted molar refractivity (Wildman–Crippen MR) is 58.1 cm³/mol. The second-order valence-corrected chi connectivity index (χ2v) is 5.66. The summed E-state index contributed by atoms with van der Waals surface area (Å²) in [5, 5.41) is 19.2. The number of hydrogen-bond acceptors (Lipinski definition) is 6. The number of thiol groups is 1. The fourth-order valence-electron chi connectivity index (χ4n) is 0.997. The zero-order chi connectivity index (χ0) is 12.5. The third-order valence-electron chi connectivity index (χ3n) is 1.65. The van der Waals surface area contributed by atoms with E-state index in [4.69, 9.17) is 15.9 Å². The van der Waals surface area contributed by atoms with Crippen LogP contribution >= 0.6 is 23.3 Å². The van der Waals surface area contributed by atoms with Crippen molar-refractivity contribution in [1.29, 1.82) is 5.26 Å². The standard InChI is InChI=1S/C7H3ClN2O4S2/c8-16(13,14)7-2-4(10(11)12)1-6(15)5(7)3-9/h1-2,15H. The zero-order valence-corrected chi connectivity index (χ0v) is 9.88. The molecule has 0 fully saturated rings. The molecule has 0 aliphatic carbocycles. The van der Waals surface area contributed by atoms with Crippen molar-refractivity contribution < 1.29 is 13.3 Å². The molecule has 16 heavy (non-hydrogen) atoms. The Morgan fingerprint density at radius 3 is 2.44 bits per heavy atom. The van der Waals surface area contributed by atoms with E-state index in [0.717, 1.165) is 12.1 Å². The van der Waals surface area contributed by atoms with Crippen LogP contribution in [0.25, 0.3) is 0 Å². The van der Waals surface area contributed by atoms with Crippen molar-refractivity contribution in [2.75, 3.05) is 0 Å². The third kappa shape index (κ3) is 2.44. The number of non-ortho nitro benzene ring substituents is 1. The van der Waals surface area contributed by atoms with Crippen LogP contribution in [0.4, 0.5) is 5.69 Å². The normalized spacial score (nSPS) is 10.8. The average molecular weight is 279 g/mol. The maximum absolute atomic E-state index is 11.1. The van der Waals surface area contributed by atoms with Gasteiger partial charge in [0.25, 0.3) is 14.7 Å². The molecule has 0 amide bonds. The average Bonchev–Trinajstić information content (AvgIpc) is 2.14. The Morgan fingerprint density at radius 1 is 1.50 bits per heavy atom. The Hall–Kier alpha value is -1.30. The number of benzene rings is 1. The van der Waals surface area contributed by atoms with E-state index in [1.165, 1.54) is 0 Å². The summed E-state index contributed by atoms with van der Waals surface area (Å²) in [6.45, 7) is 0. The number of hydrogen-bond donors (Lipinski definition) is 1. The van der Waals surface area contributed by atoms with Crippen LogP contribution in [0.5, 0.6) is 0 Å². The van der Waals surface area contributed by atoms with Gasteiger partial charge in [-0.3, -0.25) is 10.1 Å². The first-order valence-corrected chi connectivity index (χ1v) is 6.39. The third-order valence-corrected chi connectivity index (χ3v) is 3.35. The summed E-state index contributed by atoms with van der Waals surface area (Å²) in [6.07, 6.45) is 0. The maximum Gasteiger partial charge on any atom is 0.271 e. The first kappa shape index (κ1) is 12.8. The predicted octanol–water partition coefficient (Wildman–Crippen LogP) is 1.68. The van der Waals surface area contributed by atoms with Crippen molar-refractivity contribution in [3.05, 3.63) is 27.8 Å². The SMILES string of the molecule is N#Cc1c(S)cc([N+](=O)[O-])cc1S(=O)(=O)Cl. The monoisotopic (exact) mass is 278 g/mol. The highest BCUT2D eigenvalue weighted by atomic mass is 35.7. The van der Waals surface area contributed by atoms with Crippen molar-refractivity contribution in [2.24, 2.45) is 0 Å². The van der Waals surface area contributed by atoms with Crippen molar-refractivity contribution >= 4 is 38.0 Å². The van der Waals surface area contributed by atoms with Gasteiger partial charge in [0.1, 0.15) is 11.0 Å². The highest BCUT2D eigenvalue weighted by Crippen LogP contribution is 2.29. The van der Waals surface area contributed by atoms with Crippen molar-refractivity contribution in [3.8, 4) is 6.07 Å². The fraction of sp³-hybridized carbons (Fsp3) is 0. The van der Waals surface area contributed by atoms with Gasteiger partial charge in [-0.15, -0.1) is 12.6 Å². The van der Waals surface area contributed by atoms with Gasteiger partial charge in [-0.1, -0.05) is 0 Å². The maximum atomic E-state index is 11.1. The van der Waals surface area contributed by atoms with Gasteiger partial charge in [-0.25, -0.2) is 8.42 Å². The van der Waals surface area contributed by atoms with Gasteiger partial charge in [0.15, 0.2) is 0 Å². The molecule has 0 N–H and O–H groups in total. The molecule has 0 radical (unpaired) electrons. The Bertz CT molecular complexity index is 606. The van der Waals surface area contributed by atoms with Gasteiger partial charge in [0.05, 0.1) is 10.5 Å². The summed E-state index contributed by atoms with van der Waals surface area (Å²) in [6, 6.07) is 3.28. The van der Waals surface area contributed by atoms with Crippen LogP contribution in [0.3, 0.4) is 0 Å². The topological polar surface area (TPSA) is 101 Å². The number of halogens is 1. The zero-order valence-electron chi connectivity index (χ0n) is 7.42. The van der Waals surface area contributed by atoms with Crippen LogP contribution in [0.1, 0.15) is 5.56 Å². The van der Waals surface area contributed by atoms with Crippen molar-refractivity contribution in [1.82, 2.24) is 0 Å². The van der Waals surface area contributed by atoms with Crippen LogP contribution in [0.2, 0.25) is 0 Å². The minimum Gasteiger partial charge on any atom is -0.258 e. The summed E-state index contributed by atoms with van der Waals surface area (Å²) < 4.78 is 22.2. The van der Waals surface area contributed by atoms with Crippen LogP contribution in [-0.2, 0) is 9.05 Å². The van der Waals surface area contributed by atoms with E-state index >= 15 is 0 Å². The van der Waals surface area contributed by atoms with Gasteiger partial charge < -0.3 is 0 Å². The molecule has 0 aromatic heterocycles. The highest BCUT2D eigenvalue weighted by molar-refractivity contribution is 8.13. The second kappa shape index (κ2) is 4.29. The number of nitro benzene ring substituents is 1. The number of nitrogens with zero attached hydrogens (tertiary/aromatic N) is 2. The minimum atomic E-state index is -4.23. The minimum absolute atomic E-state index is 0.115. The Labute approximate surface area is 100 Å². The molecule has 9 heteroatoms. The van der Waals surface area contributed by atoms with Crippen molar-refractivity contribution in [2.45, 2.75) is 9.79 Å². The van der Waals surface area contributed by atoms with Gasteiger partial charge in [-0.05, 0) is 0 Å². The molecule has 1 aromatic carbocycles. The molecule has 6 nitrogen and oxygen atoms in total. The first-order valence-electron chi connectivity index (χ1n) is 3.63. The summed E-state index contributed by atoms with van der Waals surface area (Å²) in [4.78, 5) is 8.95. The molecule has 0 spiro atoms. The molecule has 0 aliphatic rings. The number of rotatable bonds is 2. The lowest BCUT2D eigenvalue weighted by molar-refractivity contribution is -0.385. The van der Waals surface area contributed by atoms with Crippen molar-refractivity contribution in [3.63, 3.8) is 0 Å². The molecule has 0 bridgehead atoms. The molecule has 0 aliphatic heterocycles. The van der Waals surface area contributed by atoms with Crippen LogP contribution < -0.4 is 0 Å². The van der Waals surface area contributed by atoms with E-state index in [9.17, 15) is 18.5 Å². The molecule has 0 saturated carbocycles. The van der Waals surface area contributed by atoms with Crippen LogP contribution in [0, 0.1) is 21.4 Å². The van der Waals surface area contributed by atoms with Gasteiger partial charge in [0.2, 0.25) is 0 Å². The van der Waals surface area contributed by atoms with Gasteiger partial charge >= 0.3 is 0 Å². The smallest absolute Gasteiger partial charge is 0.258 e. The lowest BCUT2D eigenvalue weighted by Gasteiger charge is -2.02.